The normalized spacial score (nSPS) is 10.8. The van der Waals surface area contributed by atoms with Crippen LogP contribution in [0.4, 0.5) is 5.69 Å². The molecule has 7 nitrogen and oxygen atoms in total. The maximum absolute atomic E-state index is 11.1. The summed E-state index contributed by atoms with van der Waals surface area (Å²) in [6.07, 6.45) is 1.43. The Balaban J connectivity index is 2.75. The molecule has 0 aromatic heterocycles. The summed E-state index contributed by atoms with van der Waals surface area (Å²) in [6, 6.07) is 8.08. The van der Waals surface area contributed by atoms with Crippen molar-refractivity contribution in [1.29, 1.82) is 5.26 Å². The minimum Gasteiger partial charge on any atom is -0.465 e. The largest absolute Gasteiger partial charge is 0.465 e. The van der Waals surface area contributed by atoms with E-state index in [2.05, 4.69) is 5.32 Å². The van der Waals surface area contributed by atoms with Crippen LogP contribution in [-0.4, -0.2) is 30.6 Å². The van der Waals surface area contributed by atoms with Gasteiger partial charge in [0, 0.05) is 18.2 Å². The SMILES string of the molecule is CCOC(=O)CNC/C(C#N)=C/c1ccccc1[N+](=O)[O-]. The first kappa shape index (κ1) is 16.3. The van der Waals surface area contributed by atoms with Crippen LogP contribution in [0, 0.1) is 21.4 Å². The summed E-state index contributed by atoms with van der Waals surface area (Å²) in [4.78, 5) is 21.5. The van der Waals surface area contributed by atoms with Gasteiger partial charge in [-0.3, -0.25) is 14.9 Å². The third-order valence-corrected chi connectivity index (χ3v) is 2.50. The number of esters is 1. The van der Waals surface area contributed by atoms with Crippen molar-refractivity contribution < 1.29 is 14.5 Å². The van der Waals surface area contributed by atoms with E-state index in [9.17, 15) is 14.9 Å². The van der Waals surface area contributed by atoms with Crippen molar-refractivity contribution in [2.24, 2.45) is 0 Å². The molecule has 0 aliphatic carbocycles. The summed E-state index contributed by atoms with van der Waals surface area (Å²) in [6.45, 7) is 2.09. The van der Waals surface area contributed by atoms with Crippen molar-refractivity contribution in [3.63, 3.8) is 0 Å². The van der Waals surface area contributed by atoms with Crippen LogP contribution in [0.2, 0.25) is 0 Å². The van der Waals surface area contributed by atoms with E-state index in [1.807, 2.05) is 6.07 Å². The van der Waals surface area contributed by atoms with Crippen molar-refractivity contribution >= 4 is 17.7 Å². The molecule has 0 saturated carbocycles. The lowest BCUT2D eigenvalue weighted by molar-refractivity contribution is -0.385. The van der Waals surface area contributed by atoms with Crippen molar-refractivity contribution in [2.75, 3.05) is 19.7 Å². The van der Waals surface area contributed by atoms with Gasteiger partial charge in [0.25, 0.3) is 5.69 Å². The van der Waals surface area contributed by atoms with Crippen LogP contribution in [0.3, 0.4) is 0 Å². The van der Waals surface area contributed by atoms with Gasteiger partial charge in [-0.1, -0.05) is 12.1 Å². The van der Waals surface area contributed by atoms with E-state index in [0.717, 1.165) is 0 Å². The van der Waals surface area contributed by atoms with Gasteiger partial charge in [-0.25, -0.2) is 0 Å². The number of nitrogens with one attached hydrogen (secondary N) is 1. The number of carbonyl (C=O) groups is 1. The van der Waals surface area contributed by atoms with E-state index in [1.165, 1.54) is 12.1 Å². The molecule has 1 N–H and O–H groups in total. The number of ether oxygens (including phenoxy) is 1. The monoisotopic (exact) mass is 289 g/mol. The van der Waals surface area contributed by atoms with E-state index in [0.29, 0.717) is 5.56 Å². The van der Waals surface area contributed by atoms with E-state index >= 15 is 0 Å². The molecule has 0 fully saturated rings. The third kappa shape index (κ3) is 5.42. The molecule has 7 heteroatoms. The van der Waals surface area contributed by atoms with Gasteiger partial charge in [0.1, 0.15) is 0 Å². The number of nitriles is 1. The fourth-order valence-corrected chi connectivity index (χ4v) is 1.60. The van der Waals surface area contributed by atoms with Crippen molar-refractivity contribution in [3.05, 3.63) is 45.5 Å². The maximum Gasteiger partial charge on any atom is 0.319 e. The predicted octanol–water partition coefficient (Wildman–Crippen LogP) is 1.65. The Morgan fingerprint density at radius 2 is 2.19 bits per heavy atom. The molecule has 0 atom stereocenters. The quantitative estimate of drug-likeness (QED) is 0.354. The molecule has 0 amide bonds. The van der Waals surface area contributed by atoms with Crippen LogP contribution >= 0.6 is 0 Å². The zero-order chi connectivity index (χ0) is 15.7. The summed E-state index contributed by atoms with van der Waals surface area (Å²) >= 11 is 0. The lowest BCUT2D eigenvalue weighted by atomic mass is 10.1. The van der Waals surface area contributed by atoms with Gasteiger partial charge < -0.3 is 10.1 Å². The molecular formula is C14H15N3O4. The lowest BCUT2D eigenvalue weighted by Gasteiger charge is -2.04. The zero-order valence-electron chi connectivity index (χ0n) is 11.5. The van der Waals surface area contributed by atoms with E-state index in [1.54, 1.807) is 25.1 Å². The second-order valence-corrected chi connectivity index (χ2v) is 4.01. The number of nitro benzene ring substituents is 1. The summed E-state index contributed by atoms with van der Waals surface area (Å²) < 4.78 is 4.73. The van der Waals surface area contributed by atoms with E-state index in [-0.39, 0.29) is 31.0 Å². The van der Waals surface area contributed by atoms with Crippen LogP contribution < -0.4 is 5.32 Å². The highest BCUT2D eigenvalue weighted by atomic mass is 16.6. The van der Waals surface area contributed by atoms with Crippen LogP contribution in [0.15, 0.2) is 29.8 Å². The molecule has 1 rings (SSSR count). The molecule has 0 spiro atoms. The molecule has 0 radical (unpaired) electrons. The zero-order valence-corrected chi connectivity index (χ0v) is 11.5. The standard InChI is InChI=1S/C14H15N3O4/c1-2-21-14(18)10-16-9-11(8-15)7-12-5-3-4-6-13(12)17(19)20/h3-7,16H,2,9-10H2,1H3/b11-7+. The van der Waals surface area contributed by atoms with Gasteiger partial charge >= 0.3 is 5.97 Å². The van der Waals surface area contributed by atoms with Crippen LogP contribution in [0.5, 0.6) is 0 Å². The van der Waals surface area contributed by atoms with Crippen molar-refractivity contribution in [3.8, 4) is 6.07 Å². The Hall–Kier alpha value is -2.72. The Bertz CT molecular complexity index is 590. The Labute approximate surface area is 122 Å². The molecular weight excluding hydrogens is 274 g/mol. The fourth-order valence-electron chi connectivity index (χ4n) is 1.60. The number of nitro groups is 1. The Morgan fingerprint density at radius 1 is 1.48 bits per heavy atom. The molecule has 110 valence electrons. The molecule has 1 aromatic carbocycles. The average Bonchev–Trinajstić information content (AvgIpc) is 2.46. The molecule has 0 unspecified atom stereocenters. The molecule has 0 heterocycles. The molecule has 0 bridgehead atoms. The van der Waals surface area contributed by atoms with Crippen LogP contribution in [-0.2, 0) is 9.53 Å². The van der Waals surface area contributed by atoms with Gasteiger partial charge in [0.15, 0.2) is 0 Å². The molecule has 0 aliphatic rings. The van der Waals surface area contributed by atoms with E-state index < -0.39 is 10.9 Å². The fraction of sp³-hybridized carbons (Fsp3) is 0.286. The summed E-state index contributed by atoms with van der Waals surface area (Å²) in [5.41, 5.74) is 0.557. The van der Waals surface area contributed by atoms with Gasteiger partial charge in [0.05, 0.1) is 29.7 Å². The van der Waals surface area contributed by atoms with Gasteiger partial charge in [-0.05, 0) is 19.1 Å². The number of benzene rings is 1. The lowest BCUT2D eigenvalue weighted by Crippen LogP contribution is -2.26. The molecule has 0 saturated heterocycles. The highest BCUT2D eigenvalue weighted by Crippen LogP contribution is 2.20. The molecule has 1 aromatic rings. The van der Waals surface area contributed by atoms with Crippen LogP contribution in [0.25, 0.3) is 6.08 Å². The smallest absolute Gasteiger partial charge is 0.319 e. The van der Waals surface area contributed by atoms with Crippen molar-refractivity contribution in [2.45, 2.75) is 6.92 Å². The minimum absolute atomic E-state index is 0.0241. The first-order chi connectivity index (χ1) is 10.1. The Kier molecular flexibility index (Phi) is 6.57. The topological polar surface area (TPSA) is 105 Å². The van der Waals surface area contributed by atoms with Gasteiger partial charge in [0.2, 0.25) is 0 Å². The minimum atomic E-state index is -0.507. The highest BCUT2D eigenvalue weighted by Gasteiger charge is 2.11. The first-order valence-corrected chi connectivity index (χ1v) is 6.29. The molecule has 21 heavy (non-hydrogen) atoms. The summed E-state index contributed by atoms with van der Waals surface area (Å²) in [5.74, 6) is -0.416. The number of rotatable bonds is 7. The van der Waals surface area contributed by atoms with Crippen molar-refractivity contribution in [1.82, 2.24) is 5.32 Å². The second-order valence-electron chi connectivity index (χ2n) is 4.01. The number of para-hydroxylation sites is 1. The van der Waals surface area contributed by atoms with Gasteiger partial charge in [-0.15, -0.1) is 0 Å². The third-order valence-electron chi connectivity index (χ3n) is 2.50. The average molecular weight is 289 g/mol. The molecule has 0 aliphatic heterocycles. The van der Waals surface area contributed by atoms with E-state index in [4.69, 9.17) is 10.00 Å². The maximum atomic E-state index is 11.1. The second kappa shape index (κ2) is 8.45. The number of carbonyl (C=O) groups excluding carboxylic acids is 1. The predicted molar refractivity (Wildman–Crippen MR) is 76.2 cm³/mol. The summed E-state index contributed by atoms with van der Waals surface area (Å²) in [5, 5.41) is 22.7. The number of hydrogen-bond acceptors (Lipinski definition) is 6. The Morgan fingerprint density at radius 3 is 2.81 bits per heavy atom. The number of hydrogen-bond donors (Lipinski definition) is 1. The highest BCUT2D eigenvalue weighted by molar-refractivity contribution is 5.72. The number of nitrogens with zero attached hydrogens (tertiary/aromatic N) is 2. The van der Waals surface area contributed by atoms with Gasteiger partial charge in [-0.2, -0.15) is 5.26 Å². The first-order valence-electron chi connectivity index (χ1n) is 6.29. The van der Waals surface area contributed by atoms with Crippen LogP contribution in [0.1, 0.15) is 12.5 Å². The summed E-state index contributed by atoms with van der Waals surface area (Å²) in [7, 11) is 0.